The van der Waals surface area contributed by atoms with E-state index in [9.17, 15) is 18.0 Å². The Morgan fingerprint density at radius 3 is 2.24 bits per heavy atom. The van der Waals surface area contributed by atoms with Gasteiger partial charge >= 0.3 is 0 Å². The zero-order valence-electron chi connectivity index (χ0n) is 18.0. The summed E-state index contributed by atoms with van der Waals surface area (Å²) in [6.45, 7) is 3.88. The Kier molecular flexibility index (Phi) is 5.39. The number of aromatic nitrogens is 2. The molecular weight excluding hydrogens is 431 g/mol. The number of piperazine rings is 1. The predicted octanol–water partition coefficient (Wildman–Crippen LogP) is 3.96. The highest BCUT2D eigenvalue weighted by Crippen LogP contribution is 2.37. The summed E-state index contributed by atoms with van der Waals surface area (Å²) in [4.78, 5) is 22.1. The number of anilines is 1. The molecule has 9 heteroatoms. The molecule has 2 atom stereocenters. The summed E-state index contributed by atoms with van der Waals surface area (Å²) in [5.41, 5.74) is 1.80. The van der Waals surface area contributed by atoms with Gasteiger partial charge in [0.1, 0.15) is 23.4 Å². The molecule has 0 aliphatic carbocycles. The Balaban J connectivity index is 1.42. The lowest BCUT2D eigenvalue weighted by molar-refractivity contribution is -0.134. The van der Waals surface area contributed by atoms with Crippen LogP contribution in [0.4, 0.5) is 24.7 Å². The van der Waals surface area contributed by atoms with Crippen molar-refractivity contribution in [2.45, 2.75) is 13.0 Å². The van der Waals surface area contributed by atoms with Gasteiger partial charge in [-0.2, -0.15) is 5.10 Å². The number of amides is 1. The molecule has 1 saturated heterocycles. The summed E-state index contributed by atoms with van der Waals surface area (Å²) in [6.07, 6.45) is 1.56. The lowest BCUT2D eigenvalue weighted by Crippen LogP contribution is -2.53. The van der Waals surface area contributed by atoms with Gasteiger partial charge in [0.15, 0.2) is 5.82 Å². The molecule has 0 N–H and O–H groups in total. The van der Waals surface area contributed by atoms with Crippen LogP contribution in [0.3, 0.4) is 0 Å². The SMILES string of the molecule is CC1=Nc2ccnn2C(c2cc(F)cc(F)c2)C1C(=O)N1CCN(c2ccc(F)cc2)CC1. The van der Waals surface area contributed by atoms with Crippen LogP contribution >= 0.6 is 0 Å². The second-order valence-electron chi connectivity index (χ2n) is 8.30. The van der Waals surface area contributed by atoms with E-state index in [0.29, 0.717) is 43.3 Å². The number of nitrogens with zero attached hydrogens (tertiary/aromatic N) is 5. The Labute approximate surface area is 188 Å². The van der Waals surface area contributed by atoms with E-state index in [1.165, 1.54) is 24.3 Å². The van der Waals surface area contributed by atoms with Crippen molar-refractivity contribution < 1.29 is 18.0 Å². The highest BCUT2D eigenvalue weighted by molar-refractivity contribution is 6.05. The van der Waals surface area contributed by atoms with Crippen molar-refractivity contribution >= 4 is 23.1 Å². The van der Waals surface area contributed by atoms with Gasteiger partial charge in [-0.1, -0.05) is 0 Å². The molecule has 1 amide bonds. The molecule has 0 radical (unpaired) electrons. The molecule has 5 rings (SSSR count). The highest BCUT2D eigenvalue weighted by Gasteiger charge is 2.41. The van der Waals surface area contributed by atoms with Crippen LogP contribution in [-0.2, 0) is 4.79 Å². The minimum atomic E-state index is -0.740. The average molecular weight is 453 g/mol. The van der Waals surface area contributed by atoms with E-state index in [0.717, 1.165) is 11.8 Å². The molecule has 3 aromatic rings. The van der Waals surface area contributed by atoms with E-state index < -0.39 is 23.6 Å². The molecule has 2 aliphatic heterocycles. The van der Waals surface area contributed by atoms with Crippen molar-refractivity contribution in [2.24, 2.45) is 10.9 Å². The number of benzene rings is 2. The Bertz CT molecular complexity index is 1190. The topological polar surface area (TPSA) is 53.7 Å². The number of fused-ring (bicyclic) bond motifs is 1. The number of rotatable bonds is 3. The molecule has 1 aromatic heterocycles. The first-order valence-corrected chi connectivity index (χ1v) is 10.7. The maximum absolute atomic E-state index is 14.1. The van der Waals surface area contributed by atoms with E-state index in [1.807, 2.05) is 0 Å². The van der Waals surface area contributed by atoms with Crippen molar-refractivity contribution in [1.29, 1.82) is 0 Å². The maximum atomic E-state index is 14.1. The normalized spacial score (nSPS) is 20.4. The fraction of sp³-hybridized carbons (Fsp3) is 0.292. The predicted molar refractivity (Wildman–Crippen MR) is 118 cm³/mol. The Hall–Kier alpha value is -3.62. The number of hydrogen-bond donors (Lipinski definition) is 0. The number of carbonyl (C=O) groups excluding carboxylic acids is 1. The van der Waals surface area contributed by atoms with Crippen molar-refractivity contribution in [1.82, 2.24) is 14.7 Å². The van der Waals surface area contributed by atoms with Crippen LogP contribution in [0.2, 0.25) is 0 Å². The van der Waals surface area contributed by atoms with Crippen LogP contribution < -0.4 is 4.90 Å². The molecule has 0 bridgehead atoms. The Morgan fingerprint density at radius 2 is 1.58 bits per heavy atom. The van der Waals surface area contributed by atoms with Crippen LogP contribution in [0.25, 0.3) is 0 Å². The monoisotopic (exact) mass is 453 g/mol. The van der Waals surface area contributed by atoms with E-state index in [-0.39, 0.29) is 11.7 Å². The Morgan fingerprint density at radius 1 is 0.909 bits per heavy atom. The van der Waals surface area contributed by atoms with E-state index >= 15 is 0 Å². The van der Waals surface area contributed by atoms with Crippen LogP contribution in [-0.4, -0.2) is 52.5 Å². The number of carbonyl (C=O) groups is 1. The molecule has 3 heterocycles. The molecule has 170 valence electrons. The number of hydrogen-bond acceptors (Lipinski definition) is 4. The molecule has 2 aliphatic rings. The first kappa shape index (κ1) is 21.2. The summed E-state index contributed by atoms with van der Waals surface area (Å²) >= 11 is 0. The quantitative estimate of drug-likeness (QED) is 0.603. The molecular formula is C24H22F3N5O. The number of halogens is 3. The zero-order chi connectivity index (χ0) is 23.1. The zero-order valence-corrected chi connectivity index (χ0v) is 18.0. The van der Waals surface area contributed by atoms with Gasteiger partial charge in [0.05, 0.1) is 12.2 Å². The van der Waals surface area contributed by atoms with Gasteiger partial charge in [-0.25, -0.2) is 22.8 Å². The first-order valence-electron chi connectivity index (χ1n) is 10.7. The molecule has 2 unspecified atom stereocenters. The molecule has 1 fully saturated rings. The van der Waals surface area contributed by atoms with Crippen LogP contribution in [0.1, 0.15) is 18.5 Å². The van der Waals surface area contributed by atoms with E-state index in [1.54, 1.807) is 40.9 Å². The molecule has 2 aromatic carbocycles. The summed E-state index contributed by atoms with van der Waals surface area (Å²) in [5, 5.41) is 4.30. The van der Waals surface area contributed by atoms with Gasteiger partial charge in [-0.3, -0.25) is 4.79 Å². The van der Waals surface area contributed by atoms with Crippen molar-refractivity contribution in [3.05, 3.63) is 77.7 Å². The van der Waals surface area contributed by atoms with Gasteiger partial charge in [0.25, 0.3) is 0 Å². The molecule has 0 spiro atoms. The van der Waals surface area contributed by atoms with Crippen molar-refractivity contribution in [2.75, 3.05) is 31.1 Å². The van der Waals surface area contributed by atoms with Gasteiger partial charge in [0.2, 0.25) is 5.91 Å². The van der Waals surface area contributed by atoms with Crippen molar-refractivity contribution in [3.63, 3.8) is 0 Å². The van der Waals surface area contributed by atoms with Gasteiger partial charge in [-0.05, 0) is 48.9 Å². The first-order chi connectivity index (χ1) is 15.9. The third-order valence-electron chi connectivity index (χ3n) is 6.25. The molecule has 33 heavy (non-hydrogen) atoms. The van der Waals surface area contributed by atoms with Crippen LogP contribution in [0.15, 0.2) is 59.7 Å². The fourth-order valence-corrected chi connectivity index (χ4v) is 4.66. The lowest BCUT2D eigenvalue weighted by Gasteiger charge is -2.40. The smallest absolute Gasteiger partial charge is 0.234 e. The fourth-order valence-electron chi connectivity index (χ4n) is 4.66. The minimum absolute atomic E-state index is 0.161. The molecule has 0 saturated carbocycles. The maximum Gasteiger partial charge on any atom is 0.234 e. The lowest BCUT2D eigenvalue weighted by atomic mass is 9.86. The van der Waals surface area contributed by atoms with Gasteiger partial charge in [0, 0.05) is 49.7 Å². The standard InChI is InChI=1S/C24H22F3N5O/c1-15-22(24(33)31-10-8-30(9-11-31)20-4-2-17(25)3-5-20)23(32-21(29-15)6-7-28-32)16-12-18(26)14-19(27)13-16/h2-7,12-14,22-23H,8-11H2,1H3. The summed E-state index contributed by atoms with van der Waals surface area (Å²) in [5.74, 6) is -2.08. The van der Waals surface area contributed by atoms with Crippen molar-refractivity contribution in [3.8, 4) is 0 Å². The van der Waals surface area contributed by atoms with Gasteiger partial charge < -0.3 is 9.80 Å². The second-order valence-corrected chi connectivity index (χ2v) is 8.30. The minimum Gasteiger partial charge on any atom is -0.368 e. The van der Waals surface area contributed by atoms with E-state index in [2.05, 4.69) is 15.0 Å². The van der Waals surface area contributed by atoms with Crippen LogP contribution in [0, 0.1) is 23.4 Å². The van der Waals surface area contributed by atoms with Crippen LogP contribution in [0.5, 0.6) is 0 Å². The third-order valence-corrected chi connectivity index (χ3v) is 6.25. The highest BCUT2D eigenvalue weighted by atomic mass is 19.1. The largest absolute Gasteiger partial charge is 0.368 e. The number of aliphatic imine (C=N–C) groups is 1. The second kappa shape index (κ2) is 8.38. The summed E-state index contributed by atoms with van der Waals surface area (Å²) in [6, 6.07) is 10.6. The van der Waals surface area contributed by atoms with E-state index in [4.69, 9.17) is 0 Å². The van der Waals surface area contributed by atoms with Gasteiger partial charge in [-0.15, -0.1) is 0 Å². The summed E-state index contributed by atoms with van der Waals surface area (Å²) < 4.78 is 42.9. The summed E-state index contributed by atoms with van der Waals surface area (Å²) in [7, 11) is 0. The molecule has 6 nitrogen and oxygen atoms in total. The third kappa shape index (κ3) is 3.99. The average Bonchev–Trinajstić information content (AvgIpc) is 3.25.